The molecule has 1 aromatic carbocycles. The van der Waals surface area contributed by atoms with Crippen LogP contribution in [0.2, 0.25) is 0 Å². The number of Topliss-reactive ketones (excluding diaryl/α,β-unsaturated/α-hetero) is 1. The molecular weight excluding hydrogens is 492 g/mol. The van der Waals surface area contributed by atoms with Crippen molar-refractivity contribution in [1.29, 1.82) is 0 Å². The minimum atomic E-state index is -1.24. The van der Waals surface area contributed by atoms with Gasteiger partial charge in [-0.2, -0.15) is 0 Å². The average molecular weight is 531 g/mol. The first-order valence-corrected chi connectivity index (χ1v) is 12.5. The number of aliphatic carboxylic acids is 1. The molecule has 0 aliphatic rings. The van der Waals surface area contributed by atoms with Gasteiger partial charge in [0.25, 0.3) is 0 Å². The van der Waals surface area contributed by atoms with Gasteiger partial charge in [0.2, 0.25) is 11.8 Å². The summed E-state index contributed by atoms with van der Waals surface area (Å²) in [5, 5.41) is 17.7. The number of nitrogens with one attached hydrogen (secondary N) is 4. The molecule has 0 unspecified atom stereocenters. The molecule has 2 rings (SSSR count). The molecule has 2 aromatic rings. The Morgan fingerprint density at radius 2 is 1.55 bits per heavy atom. The van der Waals surface area contributed by atoms with E-state index in [1.54, 1.807) is 27.0 Å². The zero-order chi connectivity index (χ0) is 28.6. The lowest BCUT2D eigenvalue weighted by molar-refractivity contribution is -0.140. The van der Waals surface area contributed by atoms with Crippen molar-refractivity contribution in [3.8, 4) is 0 Å². The number of aromatic amines is 1. The third-order valence-electron chi connectivity index (χ3n) is 5.63. The number of carbonyl (C=O) groups excluding carboxylic acids is 4. The molecular formula is C27H38N4O7. The number of hydrogen-bond donors (Lipinski definition) is 5. The van der Waals surface area contributed by atoms with Gasteiger partial charge in [-0.15, -0.1) is 0 Å². The average Bonchev–Trinajstić information content (AvgIpc) is 3.18. The minimum Gasteiger partial charge on any atom is -0.481 e. The van der Waals surface area contributed by atoms with Crippen LogP contribution in [0.3, 0.4) is 0 Å². The summed E-state index contributed by atoms with van der Waals surface area (Å²) < 4.78 is 5.35. The van der Waals surface area contributed by atoms with Crippen molar-refractivity contribution in [2.75, 3.05) is 0 Å². The molecule has 0 radical (unpaired) electrons. The second-order valence-electron chi connectivity index (χ2n) is 10.7. The number of benzene rings is 1. The van der Waals surface area contributed by atoms with E-state index in [9.17, 15) is 24.0 Å². The van der Waals surface area contributed by atoms with E-state index >= 15 is 0 Å². The third-order valence-corrected chi connectivity index (χ3v) is 5.63. The first kappa shape index (κ1) is 30.3. The highest BCUT2D eigenvalue weighted by atomic mass is 16.6. The maximum Gasteiger partial charge on any atom is 0.408 e. The number of carboxylic acid groups (broad SMARTS) is 1. The van der Waals surface area contributed by atoms with Gasteiger partial charge in [-0.05, 0) is 51.7 Å². The van der Waals surface area contributed by atoms with Crippen molar-refractivity contribution < 1.29 is 33.8 Å². The van der Waals surface area contributed by atoms with Crippen LogP contribution in [0.5, 0.6) is 0 Å². The summed E-state index contributed by atoms with van der Waals surface area (Å²) in [7, 11) is 0. The summed E-state index contributed by atoms with van der Waals surface area (Å²) in [6, 6.07) is 4.14. The number of ether oxygens (including phenoxy) is 1. The summed E-state index contributed by atoms with van der Waals surface area (Å²) in [6.07, 6.45) is 0.721. The fourth-order valence-corrected chi connectivity index (χ4v) is 3.90. The van der Waals surface area contributed by atoms with Crippen LogP contribution in [0.4, 0.5) is 4.79 Å². The lowest BCUT2D eigenvalue weighted by atomic mass is 10.00. The zero-order valence-corrected chi connectivity index (χ0v) is 22.7. The Morgan fingerprint density at radius 1 is 0.947 bits per heavy atom. The summed E-state index contributed by atoms with van der Waals surface area (Å²) in [6.45, 7) is 10.0. The quantitative estimate of drug-likeness (QED) is 0.281. The van der Waals surface area contributed by atoms with Crippen molar-refractivity contribution in [3.05, 3.63) is 36.0 Å². The molecule has 208 valence electrons. The number of carboxylic acids is 1. The van der Waals surface area contributed by atoms with E-state index in [1.165, 1.54) is 6.92 Å². The number of alkyl carbamates (subject to hydrolysis) is 1. The van der Waals surface area contributed by atoms with Gasteiger partial charge in [0.15, 0.2) is 5.78 Å². The molecule has 11 heteroatoms. The van der Waals surface area contributed by atoms with E-state index in [4.69, 9.17) is 9.84 Å². The predicted octanol–water partition coefficient (Wildman–Crippen LogP) is 2.68. The Kier molecular flexibility index (Phi) is 10.4. The fraction of sp³-hybridized carbons (Fsp3) is 0.519. The molecule has 3 amide bonds. The number of amides is 3. The Hall–Kier alpha value is -3.89. The number of para-hydroxylation sites is 1. The first-order valence-electron chi connectivity index (χ1n) is 12.5. The van der Waals surface area contributed by atoms with Gasteiger partial charge in [0.05, 0.1) is 12.5 Å². The van der Waals surface area contributed by atoms with Crippen LogP contribution in [-0.4, -0.2) is 63.5 Å². The van der Waals surface area contributed by atoms with Crippen LogP contribution in [-0.2, 0) is 30.3 Å². The lowest BCUT2D eigenvalue weighted by Crippen LogP contribution is -2.56. The van der Waals surface area contributed by atoms with Crippen molar-refractivity contribution >= 4 is 40.6 Å². The van der Waals surface area contributed by atoms with Crippen LogP contribution >= 0.6 is 0 Å². The molecule has 11 nitrogen and oxygen atoms in total. The van der Waals surface area contributed by atoms with Gasteiger partial charge in [-0.3, -0.25) is 19.2 Å². The van der Waals surface area contributed by atoms with E-state index in [1.807, 2.05) is 38.1 Å². The van der Waals surface area contributed by atoms with Crippen LogP contribution in [0, 0.1) is 5.92 Å². The Morgan fingerprint density at radius 3 is 2.13 bits per heavy atom. The van der Waals surface area contributed by atoms with Crippen LogP contribution in [0.1, 0.15) is 59.9 Å². The predicted molar refractivity (Wildman–Crippen MR) is 141 cm³/mol. The molecule has 0 saturated carbocycles. The number of ketones is 1. The van der Waals surface area contributed by atoms with Gasteiger partial charge in [0.1, 0.15) is 17.7 Å². The van der Waals surface area contributed by atoms with Crippen molar-refractivity contribution in [2.24, 2.45) is 5.92 Å². The van der Waals surface area contributed by atoms with Gasteiger partial charge in [-0.1, -0.05) is 32.0 Å². The largest absolute Gasteiger partial charge is 0.481 e. The number of fused-ring (bicyclic) bond motifs is 1. The van der Waals surface area contributed by atoms with E-state index in [0.717, 1.165) is 16.5 Å². The number of carbonyl (C=O) groups is 5. The second kappa shape index (κ2) is 13.1. The monoisotopic (exact) mass is 530 g/mol. The molecule has 0 spiro atoms. The molecule has 0 aliphatic carbocycles. The molecule has 1 heterocycles. The standard InChI is InChI=1S/C27H38N4O7/c1-15(2)11-21(24(35)29-20(16(3)32)13-23(33)34)30-25(36)22(31-26(37)38-27(4,5)6)12-17-14-28-19-10-8-7-9-18(17)19/h7-10,14-15,20-22,28H,11-13H2,1-6H3,(H,29,35)(H,30,36)(H,31,37)(H,33,34)/t20-,21-,22-/m0/s1. The van der Waals surface area contributed by atoms with Gasteiger partial charge >= 0.3 is 12.1 Å². The first-order chi connectivity index (χ1) is 17.7. The van der Waals surface area contributed by atoms with E-state index in [-0.39, 0.29) is 18.8 Å². The molecule has 5 N–H and O–H groups in total. The van der Waals surface area contributed by atoms with E-state index < -0.39 is 59.8 Å². The summed E-state index contributed by atoms with van der Waals surface area (Å²) >= 11 is 0. The summed E-state index contributed by atoms with van der Waals surface area (Å²) in [5.41, 5.74) is 0.849. The number of H-pyrrole nitrogens is 1. The molecule has 0 bridgehead atoms. The Balaban J connectivity index is 2.29. The molecule has 0 fully saturated rings. The third kappa shape index (κ3) is 9.53. The lowest BCUT2D eigenvalue weighted by Gasteiger charge is -2.26. The smallest absolute Gasteiger partial charge is 0.408 e. The molecule has 1 aromatic heterocycles. The van der Waals surface area contributed by atoms with Crippen LogP contribution in [0.25, 0.3) is 10.9 Å². The van der Waals surface area contributed by atoms with E-state index in [2.05, 4.69) is 20.9 Å². The topological polar surface area (TPSA) is 167 Å². The van der Waals surface area contributed by atoms with Gasteiger partial charge in [-0.25, -0.2) is 4.79 Å². The van der Waals surface area contributed by atoms with Crippen molar-refractivity contribution in [2.45, 2.75) is 84.5 Å². The normalized spacial score (nSPS) is 13.9. The molecule has 0 saturated heterocycles. The summed E-state index contributed by atoms with van der Waals surface area (Å²) in [4.78, 5) is 65.3. The molecule has 38 heavy (non-hydrogen) atoms. The SMILES string of the molecule is CC(=O)[C@H](CC(=O)O)NC(=O)[C@H](CC(C)C)NC(=O)[C@H](Cc1c[nH]c2ccccc12)NC(=O)OC(C)(C)C. The van der Waals surface area contributed by atoms with E-state index in [0.29, 0.717) is 0 Å². The highest BCUT2D eigenvalue weighted by molar-refractivity contribution is 5.95. The minimum absolute atomic E-state index is 0.0211. The van der Waals surface area contributed by atoms with Crippen LogP contribution < -0.4 is 16.0 Å². The Labute approximate surface area is 222 Å². The number of rotatable bonds is 12. The van der Waals surface area contributed by atoms with Crippen molar-refractivity contribution in [3.63, 3.8) is 0 Å². The highest BCUT2D eigenvalue weighted by Gasteiger charge is 2.31. The van der Waals surface area contributed by atoms with Gasteiger partial charge < -0.3 is 30.8 Å². The fourth-order valence-electron chi connectivity index (χ4n) is 3.90. The maximum absolute atomic E-state index is 13.5. The zero-order valence-electron chi connectivity index (χ0n) is 22.7. The molecule has 0 aliphatic heterocycles. The highest BCUT2D eigenvalue weighted by Crippen LogP contribution is 2.20. The van der Waals surface area contributed by atoms with Crippen molar-refractivity contribution in [1.82, 2.24) is 20.9 Å². The number of aromatic nitrogens is 1. The van der Waals surface area contributed by atoms with Gasteiger partial charge in [0, 0.05) is 23.5 Å². The maximum atomic E-state index is 13.5. The molecule has 3 atom stereocenters. The number of hydrogen-bond acceptors (Lipinski definition) is 6. The van der Waals surface area contributed by atoms with Crippen LogP contribution in [0.15, 0.2) is 30.5 Å². The Bertz CT molecular complexity index is 1170. The second-order valence-corrected chi connectivity index (χ2v) is 10.7. The summed E-state index contributed by atoms with van der Waals surface area (Å²) in [5.74, 6) is -3.09.